The fourth-order valence-corrected chi connectivity index (χ4v) is 1.89. The minimum absolute atomic E-state index is 0.185. The summed E-state index contributed by atoms with van der Waals surface area (Å²) in [5.74, 6) is -0.253. The van der Waals surface area contributed by atoms with Crippen LogP contribution in [0, 0.1) is 5.92 Å². The van der Waals surface area contributed by atoms with E-state index >= 15 is 0 Å². The maximum Gasteiger partial charge on any atom is 0.326 e. The number of benzene rings is 1. The Bertz CT molecular complexity index is 533. The van der Waals surface area contributed by atoms with Crippen LogP contribution in [-0.2, 0) is 4.79 Å². The van der Waals surface area contributed by atoms with Crippen molar-refractivity contribution in [3.05, 3.63) is 18.2 Å². The summed E-state index contributed by atoms with van der Waals surface area (Å²) in [6.07, 6.45) is 0.639. The highest BCUT2D eigenvalue weighted by Gasteiger charge is 2.25. The van der Waals surface area contributed by atoms with E-state index in [2.05, 4.69) is 10.6 Å². The summed E-state index contributed by atoms with van der Waals surface area (Å²) < 4.78 is 10.2. The number of amides is 2. The van der Waals surface area contributed by atoms with Gasteiger partial charge in [-0.3, -0.25) is 0 Å². The number of nitrogens with one attached hydrogen (secondary N) is 2. The summed E-state index contributed by atoms with van der Waals surface area (Å²) in [6, 6.07) is 3.37. The largest absolute Gasteiger partial charge is 0.497 e. The van der Waals surface area contributed by atoms with Crippen molar-refractivity contribution in [1.82, 2.24) is 5.32 Å². The summed E-state index contributed by atoms with van der Waals surface area (Å²) in [4.78, 5) is 23.3. The maximum atomic E-state index is 12.0. The lowest BCUT2D eigenvalue weighted by Crippen LogP contribution is -2.46. The molecule has 7 heteroatoms. The second-order valence-electron chi connectivity index (χ2n) is 4.87. The van der Waals surface area contributed by atoms with E-state index in [1.807, 2.05) is 6.92 Å². The lowest BCUT2D eigenvalue weighted by molar-refractivity contribution is -0.140. The van der Waals surface area contributed by atoms with Gasteiger partial charge in [-0.05, 0) is 18.1 Å². The maximum absolute atomic E-state index is 12.0. The molecule has 122 valence electrons. The molecule has 0 aliphatic rings. The van der Waals surface area contributed by atoms with Crippen molar-refractivity contribution in [1.29, 1.82) is 0 Å². The molecule has 0 fully saturated rings. The lowest BCUT2D eigenvalue weighted by atomic mass is 9.99. The van der Waals surface area contributed by atoms with Gasteiger partial charge in [-0.1, -0.05) is 20.3 Å². The SMILES string of the molecule is CC[C@@H](C)[C@H](NC(=O)Nc1cc(OC)ccc1OC)C(=O)O. The van der Waals surface area contributed by atoms with Crippen molar-refractivity contribution in [2.75, 3.05) is 19.5 Å². The van der Waals surface area contributed by atoms with Crippen molar-refractivity contribution in [2.45, 2.75) is 26.3 Å². The zero-order chi connectivity index (χ0) is 16.7. The summed E-state index contributed by atoms with van der Waals surface area (Å²) in [5.41, 5.74) is 0.396. The van der Waals surface area contributed by atoms with Crippen LogP contribution in [0.1, 0.15) is 20.3 Å². The number of carbonyl (C=O) groups excluding carboxylic acids is 1. The lowest BCUT2D eigenvalue weighted by Gasteiger charge is -2.21. The number of rotatable bonds is 7. The quantitative estimate of drug-likeness (QED) is 0.718. The van der Waals surface area contributed by atoms with Gasteiger partial charge < -0.3 is 25.2 Å². The molecule has 1 rings (SSSR count). The van der Waals surface area contributed by atoms with Crippen LogP contribution in [0.3, 0.4) is 0 Å². The number of hydrogen-bond acceptors (Lipinski definition) is 4. The molecule has 0 unspecified atom stereocenters. The molecule has 2 atom stereocenters. The van der Waals surface area contributed by atoms with Gasteiger partial charge in [0.2, 0.25) is 0 Å². The molecular weight excluding hydrogens is 288 g/mol. The molecule has 0 aliphatic carbocycles. The Morgan fingerprint density at radius 3 is 2.45 bits per heavy atom. The molecule has 0 saturated heterocycles. The Balaban J connectivity index is 2.85. The van der Waals surface area contributed by atoms with E-state index in [1.54, 1.807) is 25.1 Å². The van der Waals surface area contributed by atoms with Crippen LogP contribution in [0.4, 0.5) is 10.5 Å². The van der Waals surface area contributed by atoms with Crippen molar-refractivity contribution in [3.8, 4) is 11.5 Å². The van der Waals surface area contributed by atoms with Gasteiger partial charge in [-0.15, -0.1) is 0 Å². The highest BCUT2D eigenvalue weighted by molar-refractivity contribution is 5.93. The first-order valence-electron chi connectivity index (χ1n) is 6.95. The Morgan fingerprint density at radius 2 is 1.95 bits per heavy atom. The van der Waals surface area contributed by atoms with E-state index in [9.17, 15) is 14.7 Å². The third-order valence-corrected chi connectivity index (χ3v) is 3.42. The van der Waals surface area contributed by atoms with Crippen LogP contribution in [0.25, 0.3) is 0 Å². The number of hydrogen-bond donors (Lipinski definition) is 3. The molecule has 2 amide bonds. The first kappa shape index (κ1) is 17.6. The van der Waals surface area contributed by atoms with E-state index < -0.39 is 18.0 Å². The minimum atomic E-state index is -1.07. The number of carboxylic acids is 1. The predicted octanol–water partition coefficient (Wildman–Crippen LogP) is 2.32. The fraction of sp³-hybridized carbons (Fsp3) is 0.467. The molecule has 22 heavy (non-hydrogen) atoms. The average Bonchev–Trinajstić information content (AvgIpc) is 2.51. The highest BCUT2D eigenvalue weighted by atomic mass is 16.5. The minimum Gasteiger partial charge on any atom is -0.497 e. The first-order valence-corrected chi connectivity index (χ1v) is 6.95. The number of urea groups is 1. The molecule has 1 aromatic carbocycles. The van der Waals surface area contributed by atoms with Crippen molar-refractivity contribution >= 4 is 17.7 Å². The van der Waals surface area contributed by atoms with Crippen LogP contribution in [0.15, 0.2) is 18.2 Å². The van der Waals surface area contributed by atoms with Gasteiger partial charge in [0, 0.05) is 6.07 Å². The molecule has 3 N–H and O–H groups in total. The van der Waals surface area contributed by atoms with E-state index in [0.717, 1.165) is 0 Å². The number of ether oxygens (including phenoxy) is 2. The Hall–Kier alpha value is -2.44. The van der Waals surface area contributed by atoms with E-state index in [0.29, 0.717) is 23.6 Å². The molecule has 0 heterocycles. The molecule has 7 nitrogen and oxygen atoms in total. The third-order valence-electron chi connectivity index (χ3n) is 3.42. The normalized spacial score (nSPS) is 12.9. The van der Waals surface area contributed by atoms with Gasteiger partial charge in [0.25, 0.3) is 0 Å². The predicted molar refractivity (Wildman–Crippen MR) is 82.6 cm³/mol. The zero-order valence-corrected chi connectivity index (χ0v) is 13.2. The molecular formula is C15H22N2O5. The third kappa shape index (κ3) is 4.54. The van der Waals surface area contributed by atoms with Crippen LogP contribution in [0.5, 0.6) is 11.5 Å². The standard InChI is InChI=1S/C15H22N2O5/c1-5-9(2)13(14(18)19)17-15(20)16-11-8-10(21-3)6-7-12(11)22-4/h6-9,13H,5H2,1-4H3,(H,18,19)(H2,16,17,20)/t9-,13+/m1/s1. The highest BCUT2D eigenvalue weighted by Crippen LogP contribution is 2.28. The van der Waals surface area contributed by atoms with Gasteiger partial charge in [-0.2, -0.15) is 0 Å². The zero-order valence-electron chi connectivity index (χ0n) is 13.2. The summed E-state index contributed by atoms with van der Waals surface area (Å²) >= 11 is 0. The molecule has 0 bridgehead atoms. The van der Waals surface area contributed by atoms with Gasteiger partial charge in [-0.25, -0.2) is 9.59 Å². The van der Waals surface area contributed by atoms with E-state index in [-0.39, 0.29) is 5.92 Å². The first-order chi connectivity index (χ1) is 10.4. The van der Waals surface area contributed by atoms with Crippen molar-refractivity contribution < 1.29 is 24.2 Å². The van der Waals surface area contributed by atoms with Gasteiger partial charge in [0.1, 0.15) is 17.5 Å². The number of carboxylic acid groups (broad SMARTS) is 1. The number of methoxy groups -OCH3 is 2. The second-order valence-corrected chi connectivity index (χ2v) is 4.87. The fourth-order valence-electron chi connectivity index (χ4n) is 1.89. The molecule has 0 radical (unpaired) electrons. The number of carbonyl (C=O) groups is 2. The molecule has 0 spiro atoms. The topological polar surface area (TPSA) is 96.9 Å². The molecule has 0 aromatic heterocycles. The molecule has 0 saturated carbocycles. The van der Waals surface area contributed by atoms with Crippen molar-refractivity contribution in [2.24, 2.45) is 5.92 Å². The van der Waals surface area contributed by atoms with Crippen LogP contribution in [0.2, 0.25) is 0 Å². The number of anilines is 1. The molecule has 0 aliphatic heterocycles. The second kappa shape index (κ2) is 8.11. The Kier molecular flexibility index (Phi) is 6.49. The smallest absolute Gasteiger partial charge is 0.326 e. The van der Waals surface area contributed by atoms with Crippen LogP contribution >= 0.6 is 0 Å². The summed E-state index contributed by atoms with van der Waals surface area (Å²) in [5, 5.41) is 14.2. The molecule has 1 aromatic rings. The van der Waals surface area contributed by atoms with Gasteiger partial charge >= 0.3 is 12.0 Å². The number of aliphatic carboxylic acids is 1. The monoisotopic (exact) mass is 310 g/mol. The van der Waals surface area contributed by atoms with Gasteiger partial charge in [0.05, 0.1) is 19.9 Å². The van der Waals surface area contributed by atoms with Gasteiger partial charge in [0.15, 0.2) is 0 Å². The Morgan fingerprint density at radius 1 is 1.27 bits per heavy atom. The van der Waals surface area contributed by atoms with Crippen LogP contribution < -0.4 is 20.1 Å². The van der Waals surface area contributed by atoms with Crippen LogP contribution in [-0.4, -0.2) is 37.4 Å². The Labute approximate surface area is 129 Å². The summed E-state index contributed by atoms with van der Waals surface area (Å²) in [6.45, 7) is 3.64. The average molecular weight is 310 g/mol. The summed E-state index contributed by atoms with van der Waals surface area (Å²) in [7, 11) is 2.99. The van der Waals surface area contributed by atoms with E-state index in [4.69, 9.17) is 9.47 Å². The van der Waals surface area contributed by atoms with E-state index in [1.165, 1.54) is 14.2 Å². The van der Waals surface area contributed by atoms with Crippen molar-refractivity contribution in [3.63, 3.8) is 0 Å².